The molecule has 0 aliphatic heterocycles. The van der Waals surface area contributed by atoms with Gasteiger partial charge in [-0.1, -0.05) is 6.07 Å². The minimum atomic E-state index is -0.402. The van der Waals surface area contributed by atoms with Gasteiger partial charge in [0.1, 0.15) is 16.7 Å². The largest absolute Gasteiger partial charge is 0.319 e. The lowest BCUT2D eigenvalue weighted by Gasteiger charge is -2.05. The lowest BCUT2D eigenvalue weighted by Crippen LogP contribution is -2.23. The molecular weight excluding hydrogens is 278 g/mol. The number of carbonyl (C=O) groups is 1. The molecule has 3 aromatic rings. The minimum absolute atomic E-state index is 0.160. The molecule has 0 aliphatic carbocycles. The molecule has 0 fully saturated rings. The van der Waals surface area contributed by atoms with E-state index in [0.29, 0.717) is 11.2 Å². The van der Waals surface area contributed by atoms with Crippen LogP contribution in [0.3, 0.4) is 0 Å². The molecule has 0 aliphatic rings. The highest BCUT2D eigenvalue weighted by molar-refractivity contribution is 7.00. The van der Waals surface area contributed by atoms with E-state index >= 15 is 0 Å². The third-order valence-electron chi connectivity index (χ3n) is 2.73. The third kappa shape index (κ3) is 2.16. The van der Waals surface area contributed by atoms with Crippen molar-refractivity contribution in [3.63, 3.8) is 0 Å². The zero-order valence-corrected chi connectivity index (χ0v) is 11.2. The van der Waals surface area contributed by atoms with Gasteiger partial charge >= 0.3 is 0 Å². The van der Waals surface area contributed by atoms with Crippen LogP contribution in [0.1, 0.15) is 10.5 Å². The monoisotopic (exact) mass is 287 g/mol. The van der Waals surface area contributed by atoms with Crippen molar-refractivity contribution >= 4 is 34.4 Å². The molecule has 0 atom stereocenters. The number of rotatable bonds is 2. The van der Waals surface area contributed by atoms with Gasteiger partial charge in [-0.15, -0.1) is 0 Å². The lowest BCUT2D eigenvalue weighted by molar-refractivity contribution is 0.102. The molecule has 0 unspecified atom stereocenters. The first-order valence-electron chi connectivity index (χ1n) is 5.72. The number of nitrogens with zero attached hydrogens (tertiary/aromatic N) is 4. The topological polar surface area (TPSA) is 89.8 Å². The van der Waals surface area contributed by atoms with Crippen molar-refractivity contribution in [3.8, 4) is 0 Å². The molecule has 1 N–H and O–H groups in total. The van der Waals surface area contributed by atoms with E-state index in [4.69, 9.17) is 0 Å². The van der Waals surface area contributed by atoms with E-state index in [1.54, 1.807) is 12.1 Å². The van der Waals surface area contributed by atoms with Gasteiger partial charge in [0.25, 0.3) is 11.5 Å². The van der Waals surface area contributed by atoms with Crippen LogP contribution in [-0.2, 0) is 7.05 Å². The highest BCUT2D eigenvalue weighted by atomic mass is 32.1. The Balaban J connectivity index is 1.94. The van der Waals surface area contributed by atoms with Gasteiger partial charge in [-0.25, -0.2) is 4.68 Å². The smallest absolute Gasteiger partial charge is 0.276 e. The number of benzene rings is 1. The Labute approximate surface area is 117 Å². The first-order chi connectivity index (χ1) is 9.65. The summed E-state index contributed by atoms with van der Waals surface area (Å²) in [4.78, 5) is 23.4. The second kappa shape index (κ2) is 4.82. The molecule has 3 rings (SSSR count). The summed E-state index contributed by atoms with van der Waals surface area (Å²) in [7, 11) is 1.49. The van der Waals surface area contributed by atoms with Crippen LogP contribution in [0.15, 0.2) is 35.1 Å². The standard InChI is InChI=1S/C12H9N5O2S/c1-17-10(18)6-5-9(14-17)12(19)13-7-3-2-4-8-11(7)16-20-15-8/h2-6H,1H3,(H,13,19). The zero-order valence-electron chi connectivity index (χ0n) is 10.4. The van der Waals surface area contributed by atoms with E-state index in [9.17, 15) is 9.59 Å². The molecule has 0 saturated heterocycles. The van der Waals surface area contributed by atoms with Crippen LogP contribution < -0.4 is 10.9 Å². The molecule has 20 heavy (non-hydrogen) atoms. The number of hydrogen-bond donors (Lipinski definition) is 1. The summed E-state index contributed by atoms with van der Waals surface area (Å²) in [6.07, 6.45) is 0. The van der Waals surface area contributed by atoms with E-state index in [-0.39, 0.29) is 11.3 Å². The quantitative estimate of drug-likeness (QED) is 0.760. The van der Waals surface area contributed by atoms with E-state index in [1.807, 2.05) is 6.07 Å². The fourth-order valence-corrected chi connectivity index (χ4v) is 2.27. The number of hydrogen-bond acceptors (Lipinski definition) is 6. The number of aryl methyl sites for hydroxylation is 1. The molecule has 8 heteroatoms. The SMILES string of the molecule is Cn1nc(C(=O)Nc2cccc3nsnc23)ccc1=O. The van der Waals surface area contributed by atoms with Gasteiger partial charge in [0, 0.05) is 13.1 Å². The van der Waals surface area contributed by atoms with Crippen LogP contribution in [0.25, 0.3) is 11.0 Å². The number of aromatic nitrogens is 4. The molecule has 1 amide bonds. The summed E-state index contributed by atoms with van der Waals surface area (Å²) in [5.74, 6) is -0.402. The summed E-state index contributed by atoms with van der Waals surface area (Å²) in [5, 5.41) is 6.62. The summed E-state index contributed by atoms with van der Waals surface area (Å²) in [5.41, 5.74) is 1.81. The fraction of sp³-hybridized carbons (Fsp3) is 0.0833. The second-order valence-electron chi connectivity index (χ2n) is 4.07. The van der Waals surface area contributed by atoms with Crippen LogP contribution in [-0.4, -0.2) is 24.4 Å². The predicted molar refractivity (Wildman–Crippen MR) is 74.8 cm³/mol. The van der Waals surface area contributed by atoms with Gasteiger partial charge in [-0.2, -0.15) is 13.8 Å². The number of nitrogens with one attached hydrogen (secondary N) is 1. The Hall–Kier alpha value is -2.61. The van der Waals surface area contributed by atoms with Gasteiger partial charge in [-0.3, -0.25) is 9.59 Å². The average molecular weight is 287 g/mol. The maximum Gasteiger partial charge on any atom is 0.276 e. The third-order valence-corrected chi connectivity index (χ3v) is 3.27. The normalized spacial score (nSPS) is 10.7. The molecule has 1 aromatic carbocycles. The van der Waals surface area contributed by atoms with E-state index < -0.39 is 5.91 Å². The van der Waals surface area contributed by atoms with Crippen molar-refractivity contribution in [2.24, 2.45) is 7.05 Å². The molecular formula is C12H9N5O2S. The second-order valence-corrected chi connectivity index (χ2v) is 4.60. The Morgan fingerprint density at radius 1 is 1.25 bits per heavy atom. The molecule has 0 saturated carbocycles. The molecule has 0 bridgehead atoms. The summed E-state index contributed by atoms with van der Waals surface area (Å²) in [6.45, 7) is 0. The molecule has 0 spiro atoms. The van der Waals surface area contributed by atoms with Crippen LogP contribution in [0.2, 0.25) is 0 Å². The Bertz CT molecular complexity index is 854. The highest BCUT2D eigenvalue weighted by Crippen LogP contribution is 2.21. The maximum absolute atomic E-state index is 12.1. The maximum atomic E-state index is 12.1. The van der Waals surface area contributed by atoms with E-state index in [1.165, 1.54) is 19.2 Å². The molecule has 0 radical (unpaired) electrons. The Morgan fingerprint density at radius 3 is 2.90 bits per heavy atom. The van der Waals surface area contributed by atoms with Crippen molar-refractivity contribution in [2.75, 3.05) is 5.32 Å². The van der Waals surface area contributed by atoms with Crippen molar-refractivity contribution in [2.45, 2.75) is 0 Å². The average Bonchev–Trinajstić information content (AvgIpc) is 2.91. The van der Waals surface area contributed by atoms with Crippen molar-refractivity contribution in [3.05, 3.63) is 46.4 Å². The summed E-state index contributed by atoms with van der Waals surface area (Å²) >= 11 is 1.08. The Kier molecular flexibility index (Phi) is 2.99. The summed E-state index contributed by atoms with van der Waals surface area (Å²) in [6, 6.07) is 8.03. The van der Waals surface area contributed by atoms with Crippen LogP contribution in [0.4, 0.5) is 5.69 Å². The molecule has 2 aromatic heterocycles. The predicted octanol–water partition coefficient (Wildman–Crippen LogP) is 1.04. The number of carbonyl (C=O) groups excluding carboxylic acids is 1. The van der Waals surface area contributed by atoms with Crippen molar-refractivity contribution < 1.29 is 4.79 Å². The molecule has 2 heterocycles. The van der Waals surface area contributed by atoms with Crippen LogP contribution in [0.5, 0.6) is 0 Å². The number of amides is 1. The van der Waals surface area contributed by atoms with E-state index in [2.05, 4.69) is 19.2 Å². The van der Waals surface area contributed by atoms with Crippen LogP contribution >= 0.6 is 11.7 Å². The minimum Gasteiger partial charge on any atom is -0.319 e. The Morgan fingerprint density at radius 2 is 2.10 bits per heavy atom. The van der Waals surface area contributed by atoms with E-state index in [0.717, 1.165) is 21.9 Å². The van der Waals surface area contributed by atoms with Gasteiger partial charge < -0.3 is 5.32 Å². The van der Waals surface area contributed by atoms with Crippen molar-refractivity contribution in [1.82, 2.24) is 18.5 Å². The first-order valence-corrected chi connectivity index (χ1v) is 6.45. The summed E-state index contributed by atoms with van der Waals surface area (Å²) < 4.78 is 9.35. The number of fused-ring (bicyclic) bond motifs is 1. The molecule has 100 valence electrons. The number of anilines is 1. The van der Waals surface area contributed by atoms with Gasteiger partial charge in [0.2, 0.25) is 0 Å². The van der Waals surface area contributed by atoms with Crippen LogP contribution in [0, 0.1) is 0 Å². The zero-order chi connectivity index (χ0) is 14.1. The first kappa shape index (κ1) is 12.4. The fourth-order valence-electron chi connectivity index (χ4n) is 1.72. The highest BCUT2D eigenvalue weighted by Gasteiger charge is 2.12. The van der Waals surface area contributed by atoms with Gasteiger partial charge in [0.15, 0.2) is 0 Å². The van der Waals surface area contributed by atoms with Gasteiger partial charge in [-0.05, 0) is 18.2 Å². The molecule has 7 nitrogen and oxygen atoms in total. The van der Waals surface area contributed by atoms with Gasteiger partial charge in [0.05, 0.1) is 17.4 Å². The van der Waals surface area contributed by atoms with Crippen molar-refractivity contribution in [1.29, 1.82) is 0 Å². The lowest BCUT2D eigenvalue weighted by atomic mass is 10.2.